The molecule has 3 atom stereocenters. The topological polar surface area (TPSA) is 66.9 Å². The Kier molecular flexibility index (Phi) is 6.96. The molecule has 2 aromatic carbocycles. The maximum absolute atomic E-state index is 11.3. The molecule has 0 spiro atoms. The molecule has 5 nitrogen and oxygen atoms in total. The summed E-state index contributed by atoms with van der Waals surface area (Å²) < 4.78 is 0. The van der Waals surface area contributed by atoms with Gasteiger partial charge in [-0.3, -0.25) is 4.79 Å². The second kappa shape index (κ2) is 10.7. The van der Waals surface area contributed by atoms with Crippen molar-refractivity contribution in [2.45, 2.75) is 77.2 Å². The molecule has 2 N–H and O–H groups in total. The molecule has 0 bridgehead atoms. The lowest BCUT2D eigenvalue weighted by atomic mass is 9.76. The van der Waals surface area contributed by atoms with Gasteiger partial charge in [-0.05, 0) is 86.6 Å². The first-order chi connectivity index (χ1) is 19.5. The first-order valence-corrected chi connectivity index (χ1v) is 16.4. The van der Waals surface area contributed by atoms with E-state index in [-0.39, 0.29) is 5.91 Å². The summed E-state index contributed by atoms with van der Waals surface area (Å²) in [6.45, 7) is 3.67. The molecule has 3 unspecified atom stereocenters. The van der Waals surface area contributed by atoms with Crippen molar-refractivity contribution in [3.05, 3.63) is 68.9 Å². The summed E-state index contributed by atoms with van der Waals surface area (Å²) in [5.74, 6) is 2.17. The lowest BCUT2D eigenvalue weighted by molar-refractivity contribution is -0.114. The molecule has 4 aromatic rings. The molecule has 3 aliphatic rings. The first-order valence-electron chi connectivity index (χ1n) is 14.7. The monoisotopic (exact) mass is 568 g/mol. The number of carbonyl (C=O) groups excluding carboxylic acids is 1. The van der Waals surface area contributed by atoms with Crippen molar-refractivity contribution in [3.8, 4) is 22.5 Å². The molecular formula is C33H36N4OS2. The molecule has 2 heterocycles. The van der Waals surface area contributed by atoms with E-state index in [0.717, 1.165) is 39.8 Å². The summed E-state index contributed by atoms with van der Waals surface area (Å²) in [5.41, 5.74) is 8.48. The van der Waals surface area contributed by atoms with Gasteiger partial charge in [-0.2, -0.15) is 0 Å². The average molecular weight is 569 g/mol. The third-order valence-electron chi connectivity index (χ3n) is 8.90. The third-order valence-corrected chi connectivity index (χ3v) is 10.8. The summed E-state index contributed by atoms with van der Waals surface area (Å²) in [4.78, 5) is 22.5. The van der Waals surface area contributed by atoms with E-state index in [0.29, 0.717) is 6.04 Å². The van der Waals surface area contributed by atoms with E-state index in [2.05, 4.69) is 41.1 Å². The van der Waals surface area contributed by atoms with Crippen molar-refractivity contribution in [1.29, 1.82) is 0 Å². The molecule has 0 aliphatic heterocycles. The van der Waals surface area contributed by atoms with Gasteiger partial charge in [-0.1, -0.05) is 37.1 Å². The molecule has 3 aliphatic carbocycles. The van der Waals surface area contributed by atoms with Gasteiger partial charge in [0, 0.05) is 46.0 Å². The second-order valence-corrected chi connectivity index (χ2v) is 14.0. The van der Waals surface area contributed by atoms with E-state index >= 15 is 0 Å². The van der Waals surface area contributed by atoms with E-state index in [4.69, 9.17) is 9.97 Å². The highest BCUT2D eigenvalue weighted by Crippen LogP contribution is 2.44. The van der Waals surface area contributed by atoms with Gasteiger partial charge < -0.3 is 10.6 Å². The number of fused-ring (bicyclic) bond motifs is 1. The van der Waals surface area contributed by atoms with Crippen LogP contribution in [0.1, 0.15) is 72.4 Å². The predicted molar refractivity (Wildman–Crippen MR) is 166 cm³/mol. The van der Waals surface area contributed by atoms with E-state index in [9.17, 15) is 4.79 Å². The summed E-state index contributed by atoms with van der Waals surface area (Å²) in [7, 11) is 0. The summed E-state index contributed by atoms with van der Waals surface area (Å²) in [6, 6.07) is 15.6. The normalized spacial score (nSPS) is 22.2. The number of aromatic nitrogens is 2. The zero-order valence-electron chi connectivity index (χ0n) is 23.2. The Hall–Kier alpha value is -3.03. The Bertz CT molecular complexity index is 1530. The van der Waals surface area contributed by atoms with Crippen molar-refractivity contribution in [1.82, 2.24) is 9.97 Å². The summed E-state index contributed by atoms with van der Waals surface area (Å²) in [5, 5.41) is 11.3. The molecule has 2 aromatic heterocycles. The van der Waals surface area contributed by atoms with Crippen LogP contribution < -0.4 is 10.6 Å². The van der Waals surface area contributed by atoms with Crippen LogP contribution in [0.5, 0.6) is 0 Å². The standard InChI is InChI=1S/C33H36N4OS2/c1-19-31(21-10-12-28(13-11-21)34-20(2)38)37-33(40-19)35-29-5-3-4-23(17-29)26-14-24-8-9-25(15-27(24)16-26)30-18-39-32(36-30)22-6-7-22/h8-13,15,18,22-23,26,29H,3-7,14,16-17H2,1-2H3,(H,34,38)(H,35,37). The van der Waals surface area contributed by atoms with Gasteiger partial charge in [0.25, 0.3) is 0 Å². The number of carbonyl (C=O) groups is 1. The molecule has 2 saturated carbocycles. The minimum absolute atomic E-state index is 0.0565. The Morgan fingerprint density at radius 3 is 2.52 bits per heavy atom. The van der Waals surface area contributed by atoms with Crippen molar-refractivity contribution >= 4 is 39.4 Å². The van der Waals surface area contributed by atoms with E-state index < -0.39 is 0 Å². The maximum atomic E-state index is 11.3. The zero-order chi connectivity index (χ0) is 27.2. The molecule has 0 radical (unpaired) electrons. The highest BCUT2D eigenvalue weighted by Gasteiger charge is 2.33. The van der Waals surface area contributed by atoms with Gasteiger partial charge >= 0.3 is 0 Å². The molecule has 7 heteroatoms. The highest BCUT2D eigenvalue weighted by atomic mass is 32.1. The molecular weight excluding hydrogens is 533 g/mol. The second-order valence-electron chi connectivity index (χ2n) is 11.9. The van der Waals surface area contributed by atoms with Crippen LogP contribution in [0.4, 0.5) is 10.8 Å². The zero-order valence-corrected chi connectivity index (χ0v) is 24.8. The molecule has 7 rings (SSSR count). The van der Waals surface area contributed by atoms with Gasteiger partial charge in [-0.15, -0.1) is 22.7 Å². The number of benzene rings is 2. The average Bonchev–Trinajstić information content (AvgIpc) is 3.35. The molecule has 1 amide bonds. The van der Waals surface area contributed by atoms with Gasteiger partial charge in [-0.25, -0.2) is 9.97 Å². The Morgan fingerprint density at radius 2 is 1.73 bits per heavy atom. The van der Waals surface area contributed by atoms with Crippen LogP contribution >= 0.6 is 22.7 Å². The van der Waals surface area contributed by atoms with Crippen molar-refractivity contribution in [2.24, 2.45) is 11.8 Å². The highest BCUT2D eigenvalue weighted by molar-refractivity contribution is 7.16. The number of hydrogen-bond donors (Lipinski definition) is 2. The quantitative estimate of drug-likeness (QED) is 0.235. The Morgan fingerprint density at radius 1 is 0.925 bits per heavy atom. The van der Waals surface area contributed by atoms with Gasteiger partial charge in [0.05, 0.1) is 16.4 Å². The van der Waals surface area contributed by atoms with Crippen LogP contribution in [0.25, 0.3) is 22.5 Å². The fourth-order valence-corrected chi connectivity index (χ4v) is 8.60. The van der Waals surface area contributed by atoms with Crippen molar-refractivity contribution in [3.63, 3.8) is 0 Å². The first kappa shape index (κ1) is 25.9. The molecule has 2 fully saturated rings. The van der Waals surface area contributed by atoms with Crippen LogP contribution in [0.2, 0.25) is 0 Å². The lowest BCUT2D eigenvalue weighted by Crippen LogP contribution is -2.31. The summed E-state index contributed by atoms with van der Waals surface area (Å²) in [6.07, 6.45) is 10.1. The number of nitrogens with zero attached hydrogens (tertiary/aromatic N) is 2. The van der Waals surface area contributed by atoms with Crippen LogP contribution in [0, 0.1) is 18.8 Å². The van der Waals surface area contributed by atoms with Crippen LogP contribution in [0.3, 0.4) is 0 Å². The number of aryl methyl sites for hydroxylation is 1. The van der Waals surface area contributed by atoms with Crippen molar-refractivity contribution < 1.29 is 4.79 Å². The Balaban J connectivity index is 0.990. The van der Waals surface area contributed by atoms with Crippen LogP contribution in [-0.2, 0) is 17.6 Å². The number of nitrogens with one attached hydrogen (secondary N) is 2. The van der Waals surface area contributed by atoms with Gasteiger partial charge in [0.15, 0.2) is 5.13 Å². The van der Waals surface area contributed by atoms with Crippen molar-refractivity contribution in [2.75, 3.05) is 10.6 Å². The Labute approximate surface area is 244 Å². The number of thiazole rings is 2. The fourth-order valence-electron chi connectivity index (χ4n) is 6.68. The predicted octanol–water partition coefficient (Wildman–Crippen LogP) is 8.46. The largest absolute Gasteiger partial charge is 0.359 e. The minimum Gasteiger partial charge on any atom is -0.359 e. The summed E-state index contributed by atoms with van der Waals surface area (Å²) >= 11 is 3.59. The number of hydrogen-bond acceptors (Lipinski definition) is 6. The molecule has 0 saturated heterocycles. The SMILES string of the molecule is CC(=O)Nc1ccc(-c2nc(NC3CCCC(C4Cc5ccc(-c6csc(C7CC7)n6)cc5C4)C3)sc2C)cc1. The van der Waals surface area contributed by atoms with Crippen LogP contribution in [-0.4, -0.2) is 21.9 Å². The van der Waals surface area contributed by atoms with E-state index in [1.165, 1.54) is 79.4 Å². The minimum atomic E-state index is -0.0565. The van der Waals surface area contributed by atoms with Gasteiger partial charge in [0.1, 0.15) is 0 Å². The number of rotatable bonds is 7. The lowest BCUT2D eigenvalue weighted by Gasteiger charge is -2.33. The van der Waals surface area contributed by atoms with Gasteiger partial charge in [0.2, 0.25) is 5.91 Å². The molecule has 40 heavy (non-hydrogen) atoms. The maximum Gasteiger partial charge on any atom is 0.221 e. The van der Waals surface area contributed by atoms with E-state index in [1.807, 2.05) is 35.6 Å². The van der Waals surface area contributed by atoms with Crippen LogP contribution in [0.15, 0.2) is 47.8 Å². The fraction of sp³-hybridized carbons (Fsp3) is 0.424. The van der Waals surface area contributed by atoms with E-state index in [1.54, 1.807) is 22.5 Å². The smallest absolute Gasteiger partial charge is 0.221 e. The number of amides is 1. The number of anilines is 2. The third kappa shape index (κ3) is 5.46. The molecule has 206 valence electrons.